The minimum absolute atomic E-state index is 0.0310. The molecule has 0 bridgehead atoms. The van der Waals surface area contributed by atoms with Crippen LogP contribution in [0.15, 0.2) is 42.5 Å². The first-order chi connectivity index (χ1) is 10.0. The fraction of sp³-hybridized carbons (Fsp3) is 0.267. The molecule has 4 rings (SSSR count). The second kappa shape index (κ2) is 4.21. The van der Waals surface area contributed by atoms with Crippen molar-refractivity contribution >= 4 is 32.3 Å². The second-order valence-electron chi connectivity index (χ2n) is 5.60. The van der Waals surface area contributed by atoms with E-state index < -0.39 is 9.84 Å². The number of benzene rings is 2. The Labute approximate surface area is 122 Å². The second-order valence-corrected chi connectivity index (χ2v) is 7.76. The van der Waals surface area contributed by atoms with Crippen molar-refractivity contribution in [3.05, 3.63) is 42.5 Å². The Kier molecular flexibility index (Phi) is 2.53. The first-order valence-electron chi connectivity index (χ1n) is 6.82. The maximum atomic E-state index is 12.2. The van der Waals surface area contributed by atoms with Crippen molar-refractivity contribution in [3.8, 4) is 0 Å². The maximum Gasteiger partial charge on any atom is 0.322 e. The molecule has 0 aromatic heterocycles. The lowest BCUT2D eigenvalue weighted by Gasteiger charge is -2.21. The number of fused-ring (bicyclic) bond motifs is 2. The summed E-state index contributed by atoms with van der Waals surface area (Å²) in [6.07, 6.45) is 0. The Morgan fingerprint density at radius 3 is 2.62 bits per heavy atom. The van der Waals surface area contributed by atoms with Gasteiger partial charge in [0.05, 0.1) is 23.6 Å². The molecule has 2 aromatic carbocycles. The maximum absolute atomic E-state index is 12.2. The summed E-state index contributed by atoms with van der Waals surface area (Å²) < 4.78 is 23.5. The standard InChI is InChI=1S/C15H14N2O3S/c18-15-16-13-8-21(19,20)9-14(13)17(15)12-6-5-10-3-1-2-4-11(10)7-12/h1-7,13-14H,8-9H2,(H,16,18). The number of nitrogens with one attached hydrogen (secondary N) is 1. The number of carbonyl (C=O) groups excluding carboxylic acids is 1. The number of urea groups is 1. The Balaban J connectivity index is 1.78. The van der Waals surface area contributed by atoms with Crippen molar-refractivity contribution in [2.45, 2.75) is 12.1 Å². The molecule has 0 saturated carbocycles. The molecule has 6 heteroatoms. The first kappa shape index (κ1) is 12.6. The van der Waals surface area contributed by atoms with Gasteiger partial charge >= 0.3 is 6.03 Å². The van der Waals surface area contributed by atoms with Crippen LogP contribution in [0.1, 0.15) is 0 Å². The minimum atomic E-state index is -3.07. The lowest BCUT2D eigenvalue weighted by Crippen LogP contribution is -2.36. The predicted octanol–water partition coefficient (Wildman–Crippen LogP) is 1.53. The molecule has 2 aliphatic rings. The lowest BCUT2D eigenvalue weighted by molar-refractivity contribution is 0.251. The molecular weight excluding hydrogens is 288 g/mol. The molecule has 0 radical (unpaired) electrons. The van der Waals surface area contributed by atoms with Gasteiger partial charge in [0.15, 0.2) is 9.84 Å². The average molecular weight is 302 g/mol. The van der Waals surface area contributed by atoms with Crippen LogP contribution in [0.5, 0.6) is 0 Å². The topological polar surface area (TPSA) is 66.5 Å². The van der Waals surface area contributed by atoms with Crippen LogP contribution in [0.3, 0.4) is 0 Å². The molecule has 2 heterocycles. The van der Waals surface area contributed by atoms with Crippen LogP contribution in [0.2, 0.25) is 0 Å². The molecule has 2 aliphatic heterocycles. The van der Waals surface area contributed by atoms with E-state index in [2.05, 4.69) is 5.32 Å². The zero-order valence-corrected chi connectivity index (χ0v) is 12.0. The van der Waals surface area contributed by atoms with E-state index in [0.29, 0.717) is 0 Å². The zero-order chi connectivity index (χ0) is 14.6. The summed E-state index contributed by atoms with van der Waals surface area (Å²) in [5, 5.41) is 4.90. The van der Waals surface area contributed by atoms with Crippen LogP contribution >= 0.6 is 0 Å². The summed E-state index contributed by atoms with van der Waals surface area (Å²) in [6.45, 7) is 0. The molecule has 5 nitrogen and oxygen atoms in total. The van der Waals surface area contributed by atoms with E-state index in [1.54, 1.807) is 4.90 Å². The number of rotatable bonds is 1. The van der Waals surface area contributed by atoms with Gasteiger partial charge in [-0.25, -0.2) is 13.2 Å². The Hall–Kier alpha value is -2.08. The van der Waals surface area contributed by atoms with Gasteiger partial charge in [0.25, 0.3) is 0 Å². The van der Waals surface area contributed by atoms with Gasteiger partial charge in [-0.1, -0.05) is 30.3 Å². The number of hydrogen-bond donors (Lipinski definition) is 1. The number of hydrogen-bond acceptors (Lipinski definition) is 3. The highest BCUT2D eigenvalue weighted by Crippen LogP contribution is 2.31. The summed E-state index contributed by atoms with van der Waals surface area (Å²) in [7, 11) is -3.07. The normalized spacial score (nSPS) is 26.9. The quantitative estimate of drug-likeness (QED) is 0.813. The van der Waals surface area contributed by atoms with Crippen molar-refractivity contribution in [1.29, 1.82) is 0 Å². The molecular formula is C15H14N2O3S. The van der Waals surface area contributed by atoms with Gasteiger partial charge in [-0.15, -0.1) is 0 Å². The van der Waals surface area contributed by atoms with Crippen molar-refractivity contribution in [1.82, 2.24) is 5.32 Å². The molecule has 2 amide bonds. The van der Waals surface area contributed by atoms with Crippen LogP contribution in [-0.2, 0) is 9.84 Å². The van der Waals surface area contributed by atoms with E-state index in [1.165, 1.54) is 0 Å². The highest BCUT2D eigenvalue weighted by Gasteiger charge is 2.49. The van der Waals surface area contributed by atoms with Crippen molar-refractivity contribution in [3.63, 3.8) is 0 Å². The summed E-state index contributed by atoms with van der Waals surface area (Å²) in [5.41, 5.74) is 0.746. The molecule has 0 aliphatic carbocycles. The lowest BCUT2D eigenvalue weighted by atomic mass is 10.1. The van der Waals surface area contributed by atoms with Crippen molar-refractivity contribution in [2.24, 2.45) is 0 Å². The van der Waals surface area contributed by atoms with E-state index in [-0.39, 0.29) is 29.6 Å². The van der Waals surface area contributed by atoms with E-state index >= 15 is 0 Å². The number of sulfone groups is 1. The monoisotopic (exact) mass is 302 g/mol. The highest BCUT2D eigenvalue weighted by molar-refractivity contribution is 7.91. The van der Waals surface area contributed by atoms with Gasteiger partial charge in [-0.05, 0) is 22.9 Å². The van der Waals surface area contributed by atoms with Gasteiger partial charge in [0.1, 0.15) is 0 Å². The van der Waals surface area contributed by atoms with Gasteiger partial charge in [0.2, 0.25) is 0 Å². The smallest absolute Gasteiger partial charge is 0.322 e. The SMILES string of the molecule is O=C1NC2CS(=O)(=O)CC2N1c1ccc2ccccc2c1. The minimum Gasteiger partial charge on any atom is -0.332 e. The number of carbonyl (C=O) groups is 1. The van der Waals surface area contributed by atoms with Crippen LogP contribution in [0, 0.1) is 0 Å². The molecule has 2 saturated heterocycles. The van der Waals surface area contributed by atoms with Crippen LogP contribution in [0.25, 0.3) is 10.8 Å². The first-order valence-corrected chi connectivity index (χ1v) is 8.65. The molecule has 2 fully saturated rings. The third-order valence-electron chi connectivity index (χ3n) is 4.19. The zero-order valence-electron chi connectivity index (χ0n) is 11.2. The molecule has 0 spiro atoms. The predicted molar refractivity (Wildman–Crippen MR) is 81.2 cm³/mol. The largest absolute Gasteiger partial charge is 0.332 e. The van der Waals surface area contributed by atoms with Crippen LogP contribution in [-0.4, -0.2) is 38.0 Å². The summed E-state index contributed by atoms with van der Waals surface area (Å²) in [5.74, 6) is 0.0662. The number of anilines is 1. The fourth-order valence-corrected chi connectivity index (χ4v) is 5.13. The van der Waals surface area contributed by atoms with Crippen LogP contribution < -0.4 is 10.2 Å². The Morgan fingerprint density at radius 2 is 1.81 bits per heavy atom. The Bertz CT molecular complexity index is 847. The molecule has 2 aromatic rings. The van der Waals surface area contributed by atoms with Crippen molar-refractivity contribution in [2.75, 3.05) is 16.4 Å². The highest BCUT2D eigenvalue weighted by atomic mass is 32.2. The number of nitrogens with zero attached hydrogens (tertiary/aromatic N) is 1. The van der Waals surface area contributed by atoms with Gasteiger partial charge in [-0.2, -0.15) is 0 Å². The van der Waals surface area contributed by atoms with Crippen LogP contribution in [0.4, 0.5) is 10.5 Å². The third kappa shape index (κ3) is 1.98. The third-order valence-corrected chi connectivity index (χ3v) is 5.91. The van der Waals surface area contributed by atoms with E-state index in [0.717, 1.165) is 16.5 Å². The summed E-state index contributed by atoms with van der Waals surface area (Å²) in [6, 6.07) is 12.8. The van der Waals surface area contributed by atoms with E-state index in [9.17, 15) is 13.2 Å². The molecule has 21 heavy (non-hydrogen) atoms. The van der Waals surface area contributed by atoms with Crippen molar-refractivity contribution < 1.29 is 13.2 Å². The molecule has 108 valence electrons. The van der Waals surface area contributed by atoms with Gasteiger partial charge in [0, 0.05) is 5.69 Å². The number of amides is 2. The molecule has 1 N–H and O–H groups in total. The average Bonchev–Trinajstić information content (AvgIpc) is 2.88. The van der Waals surface area contributed by atoms with Gasteiger partial charge in [-0.3, -0.25) is 4.90 Å². The van der Waals surface area contributed by atoms with E-state index in [1.807, 2.05) is 42.5 Å². The Morgan fingerprint density at radius 1 is 1.05 bits per heavy atom. The van der Waals surface area contributed by atoms with E-state index in [4.69, 9.17) is 0 Å². The molecule has 2 atom stereocenters. The summed E-state index contributed by atoms with van der Waals surface area (Å²) >= 11 is 0. The molecule has 2 unspecified atom stereocenters. The summed E-state index contributed by atoms with van der Waals surface area (Å²) in [4.78, 5) is 13.7. The fourth-order valence-electron chi connectivity index (χ4n) is 3.24. The van der Waals surface area contributed by atoms with Gasteiger partial charge < -0.3 is 5.32 Å².